The van der Waals surface area contributed by atoms with Crippen LogP contribution in [-0.2, 0) is 9.53 Å². The normalized spacial score (nSPS) is 11.6. The van der Waals surface area contributed by atoms with Crippen LogP contribution in [0.15, 0.2) is 48.5 Å². The van der Waals surface area contributed by atoms with E-state index in [1.807, 2.05) is 37.3 Å². The second-order valence-electron chi connectivity index (χ2n) is 5.66. The Balaban J connectivity index is 2.23. The number of methoxy groups -OCH3 is 1. The molecule has 0 heterocycles. The van der Waals surface area contributed by atoms with Gasteiger partial charge in [-0.3, -0.25) is 4.79 Å². The van der Waals surface area contributed by atoms with Gasteiger partial charge in [-0.25, -0.2) is 4.79 Å². The van der Waals surface area contributed by atoms with Crippen LogP contribution in [0.3, 0.4) is 0 Å². The van der Waals surface area contributed by atoms with Crippen LogP contribution >= 0.6 is 0 Å². The van der Waals surface area contributed by atoms with Gasteiger partial charge in [-0.1, -0.05) is 30.3 Å². The van der Waals surface area contributed by atoms with Gasteiger partial charge in [0.05, 0.1) is 6.61 Å². The lowest BCUT2D eigenvalue weighted by atomic mass is 10.0. The molecule has 0 aromatic heterocycles. The summed E-state index contributed by atoms with van der Waals surface area (Å²) in [6, 6.07) is 13.6. The van der Waals surface area contributed by atoms with Gasteiger partial charge in [0.2, 0.25) is 0 Å². The highest BCUT2D eigenvalue weighted by Crippen LogP contribution is 2.30. The van der Waals surface area contributed by atoms with Crippen LogP contribution in [0.1, 0.15) is 23.7 Å². The Hall–Kier alpha value is -2.86. The zero-order valence-electron chi connectivity index (χ0n) is 14.9. The van der Waals surface area contributed by atoms with E-state index in [-0.39, 0.29) is 13.0 Å². The van der Waals surface area contributed by atoms with Crippen LogP contribution in [0.4, 0.5) is 0 Å². The van der Waals surface area contributed by atoms with Crippen molar-refractivity contribution in [3.05, 3.63) is 54.1 Å². The summed E-state index contributed by atoms with van der Waals surface area (Å²) in [4.78, 5) is 23.8. The Kier molecular flexibility index (Phi) is 7.17. The number of benzene rings is 2. The number of aliphatic carboxylic acids is 1. The van der Waals surface area contributed by atoms with Gasteiger partial charge < -0.3 is 19.9 Å². The number of carboxylic acid groups (broad SMARTS) is 1. The Morgan fingerprint density at radius 1 is 1.15 bits per heavy atom. The quantitative estimate of drug-likeness (QED) is 0.721. The number of carbonyl (C=O) groups is 2. The smallest absolute Gasteiger partial charge is 0.326 e. The SMILES string of the molecule is CCOc1ccccc1-c1cccc(C(=O)NC(CCOC)C(=O)O)c1. The van der Waals surface area contributed by atoms with Crippen molar-refractivity contribution >= 4 is 11.9 Å². The minimum Gasteiger partial charge on any atom is -0.493 e. The van der Waals surface area contributed by atoms with Crippen LogP contribution in [0.5, 0.6) is 5.75 Å². The number of carbonyl (C=O) groups excluding carboxylic acids is 1. The summed E-state index contributed by atoms with van der Waals surface area (Å²) < 4.78 is 10.5. The van der Waals surface area contributed by atoms with Crippen molar-refractivity contribution in [2.75, 3.05) is 20.3 Å². The Labute approximate surface area is 152 Å². The van der Waals surface area contributed by atoms with Crippen molar-refractivity contribution in [3.63, 3.8) is 0 Å². The highest BCUT2D eigenvalue weighted by atomic mass is 16.5. The van der Waals surface area contributed by atoms with Crippen LogP contribution in [0, 0.1) is 0 Å². The summed E-state index contributed by atoms with van der Waals surface area (Å²) in [7, 11) is 1.49. The predicted octanol–water partition coefficient (Wildman–Crippen LogP) is 2.97. The van der Waals surface area contributed by atoms with Crippen LogP contribution in [0.25, 0.3) is 11.1 Å². The van der Waals surface area contributed by atoms with Crippen molar-refractivity contribution in [2.24, 2.45) is 0 Å². The fourth-order valence-corrected chi connectivity index (χ4v) is 2.55. The van der Waals surface area contributed by atoms with Gasteiger partial charge in [0, 0.05) is 31.3 Å². The van der Waals surface area contributed by atoms with Crippen LogP contribution in [0.2, 0.25) is 0 Å². The summed E-state index contributed by atoms with van der Waals surface area (Å²) in [6.07, 6.45) is 0.199. The maximum Gasteiger partial charge on any atom is 0.326 e. The molecule has 2 aromatic rings. The molecule has 0 aliphatic heterocycles. The Morgan fingerprint density at radius 3 is 2.62 bits per heavy atom. The molecule has 1 unspecified atom stereocenters. The lowest BCUT2D eigenvalue weighted by Gasteiger charge is -2.15. The topological polar surface area (TPSA) is 84.9 Å². The number of amides is 1. The van der Waals surface area contributed by atoms with Crippen molar-refractivity contribution in [1.29, 1.82) is 0 Å². The zero-order chi connectivity index (χ0) is 18.9. The first-order valence-corrected chi connectivity index (χ1v) is 8.41. The predicted molar refractivity (Wildman–Crippen MR) is 98.4 cm³/mol. The number of rotatable bonds is 9. The molecule has 2 rings (SSSR count). The molecule has 138 valence electrons. The molecule has 0 saturated carbocycles. The molecule has 0 saturated heterocycles. The van der Waals surface area contributed by atoms with E-state index >= 15 is 0 Å². The first kappa shape index (κ1) is 19.5. The number of para-hydroxylation sites is 1. The number of hydrogen-bond acceptors (Lipinski definition) is 4. The molecular weight excluding hydrogens is 334 g/mol. The fraction of sp³-hybridized carbons (Fsp3) is 0.300. The van der Waals surface area contributed by atoms with Gasteiger partial charge in [0.25, 0.3) is 5.91 Å². The molecule has 1 atom stereocenters. The highest BCUT2D eigenvalue weighted by molar-refractivity contribution is 5.97. The van der Waals surface area contributed by atoms with E-state index in [9.17, 15) is 14.7 Å². The molecule has 0 aliphatic carbocycles. The third-order valence-electron chi connectivity index (χ3n) is 3.84. The van der Waals surface area contributed by atoms with Gasteiger partial charge in [-0.2, -0.15) is 0 Å². The van der Waals surface area contributed by atoms with Gasteiger partial charge in [0.1, 0.15) is 11.8 Å². The maximum absolute atomic E-state index is 12.5. The summed E-state index contributed by atoms with van der Waals surface area (Å²) in [6.45, 7) is 2.70. The summed E-state index contributed by atoms with van der Waals surface area (Å²) in [5.74, 6) is -0.798. The van der Waals surface area contributed by atoms with E-state index in [0.717, 1.165) is 16.9 Å². The first-order chi connectivity index (χ1) is 12.6. The summed E-state index contributed by atoms with van der Waals surface area (Å²) >= 11 is 0. The lowest BCUT2D eigenvalue weighted by molar-refractivity contribution is -0.139. The number of nitrogens with one attached hydrogen (secondary N) is 1. The Morgan fingerprint density at radius 2 is 1.92 bits per heavy atom. The molecule has 0 fully saturated rings. The minimum absolute atomic E-state index is 0.199. The lowest BCUT2D eigenvalue weighted by Crippen LogP contribution is -2.41. The van der Waals surface area contributed by atoms with Gasteiger partial charge in [-0.15, -0.1) is 0 Å². The summed E-state index contributed by atoms with van der Waals surface area (Å²) in [5.41, 5.74) is 2.08. The van der Waals surface area contributed by atoms with Gasteiger partial charge in [-0.05, 0) is 30.7 Å². The maximum atomic E-state index is 12.5. The molecule has 0 bridgehead atoms. The van der Waals surface area contributed by atoms with E-state index in [1.54, 1.807) is 18.2 Å². The average Bonchev–Trinajstić information content (AvgIpc) is 2.65. The van der Waals surface area contributed by atoms with Crippen molar-refractivity contribution < 1.29 is 24.2 Å². The number of carboxylic acids is 1. The van der Waals surface area contributed by atoms with Crippen LogP contribution < -0.4 is 10.1 Å². The molecule has 2 aromatic carbocycles. The molecule has 26 heavy (non-hydrogen) atoms. The number of hydrogen-bond donors (Lipinski definition) is 2. The number of ether oxygens (including phenoxy) is 2. The minimum atomic E-state index is -1.09. The van der Waals surface area contributed by atoms with Gasteiger partial charge in [0.15, 0.2) is 0 Å². The van der Waals surface area contributed by atoms with E-state index < -0.39 is 17.9 Å². The van der Waals surface area contributed by atoms with E-state index in [2.05, 4.69) is 5.32 Å². The van der Waals surface area contributed by atoms with E-state index in [4.69, 9.17) is 9.47 Å². The summed E-state index contributed by atoms with van der Waals surface area (Å²) in [5, 5.41) is 11.8. The molecule has 0 aliphatic rings. The molecule has 6 nitrogen and oxygen atoms in total. The van der Waals surface area contributed by atoms with E-state index in [0.29, 0.717) is 12.2 Å². The molecule has 2 N–H and O–H groups in total. The fourth-order valence-electron chi connectivity index (χ4n) is 2.55. The first-order valence-electron chi connectivity index (χ1n) is 8.41. The molecule has 1 amide bonds. The van der Waals surface area contributed by atoms with Gasteiger partial charge >= 0.3 is 5.97 Å². The Bertz CT molecular complexity index is 759. The zero-order valence-corrected chi connectivity index (χ0v) is 14.9. The average molecular weight is 357 g/mol. The standard InChI is InChI=1S/C20H23NO5/c1-3-26-18-10-5-4-9-16(18)14-7-6-8-15(13-14)19(22)21-17(20(23)24)11-12-25-2/h4-10,13,17H,3,11-12H2,1-2H3,(H,21,22)(H,23,24). The molecule has 0 radical (unpaired) electrons. The molecule has 6 heteroatoms. The second kappa shape index (κ2) is 9.58. The monoisotopic (exact) mass is 357 g/mol. The van der Waals surface area contributed by atoms with Crippen molar-refractivity contribution in [2.45, 2.75) is 19.4 Å². The van der Waals surface area contributed by atoms with Crippen LogP contribution in [-0.4, -0.2) is 43.3 Å². The molecule has 0 spiro atoms. The third kappa shape index (κ3) is 5.07. The van der Waals surface area contributed by atoms with Crippen molar-refractivity contribution in [3.8, 4) is 16.9 Å². The largest absolute Gasteiger partial charge is 0.493 e. The molecular formula is C20H23NO5. The highest BCUT2D eigenvalue weighted by Gasteiger charge is 2.20. The van der Waals surface area contributed by atoms with E-state index in [1.165, 1.54) is 7.11 Å². The third-order valence-corrected chi connectivity index (χ3v) is 3.84. The van der Waals surface area contributed by atoms with Crippen molar-refractivity contribution in [1.82, 2.24) is 5.32 Å². The second-order valence-corrected chi connectivity index (χ2v) is 5.66.